The smallest absolute Gasteiger partial charge is 0.241 e. The molecule has 33 heavy (non-hydrogen) atoms. The molecule has 4 aromatic rings. The molecular formula is C27H28N4O2. The maximum Gasteiger partial charge on any atom is 0.241 e. The number of hydrogen-bond acceptors (Lipinski definition) is 4. The Morgan fingerprint density at radius 1 is 1.09 bits per heavy atom. The molecule has 168 valence electrons. The summed E-state index contributed by atoms with van der Waals surface area (Å²) in [4.78, 5) is 18.3. The fourth-order valence-corrected chi connectivity index (χ4v) is 4.63. The molecule has 6 heteroatoms. The maximum absolute atomic E-state index is 13.0. The van der Waals surface area contributed by atoms with Gasteiger partial charge in [-0.2, -0.15) is 0 Å². The lowest BCUT2D eigenvalue weighted by Crippen LogP contribution is -2.46. The molecule has 2 atom stereocenters. The Bertz CT molecular complexity index is 1250. The fraction of sp³-hybridized carbons (Fsp3) is 0.222. The van der Waals surface area contributed by atoms with Crippen LogP contribution in [-0.2, 0) is 11.2 Å². The van der Waals surface area contributed by atoms with E-state index in [2.05, 4.69) is 16.4 Å². The zero-order valence-corrected chi connectivity index (χ0v) is 18.4. The molecule has 1 aliphatic rings. The summed E-state index contributed by atoms with van der Waals surface area (Å²) in [5.74, 6) is -0.0755. The van der Waals surface area contributed by atoms with Crippen LogP contribution in [0.3, 0.4) is 0 Å². The molecule has 1 saturated heterocycles. The Kier molecular flexibility index (Phi) is 5.86. The second-order valence-electron chi connectivity index (χ2n) is 8.66. The summed E-state index contributed by atoms with van der Waals surface area (Å²) in [5.41, 5.74) is 11.4. The number of anilines is 2. The quantitative estimate of drug-likeness (QED) is 0.335. The molecule has 0 radical (unpaired) electrons. The molecule has 1 amide bonds. The largest absolute Gasteiger partial charge is 0.399 e. The minimum Gasteiger partial charge on any atom is -0.399 e. The first kappa shape index (κ1) is 21.2. The van der Waals surface area contributed by atoms with Crippen LogP contribution in [0.15, 0.2) is 78.9 Å². The summed E-state index contributed by atoms with van der Waals surface area (Å²) in [6.45, 7) is 0.718. The highest BCUT2D eigenvalue weighted by Crippen LogP contribution is 2.27. The molecule has 2 heterocycles. The number of aromatic nitrogens is 1. The van der Waals surface area contributed by atoms with E-state index in [1.54, 1.807) is 0 Å². The third-order valence-electron chi connectivity index (χ3n) is 6.35. The van der Waals surface area contributed by atoms with Crippen molar-refractivity contribution in [3.8, 4) is 11.3 Å². The van der Waals surface area contributed by atoms with Crippen molar-refractivity contribution in [1.29, 1.82) is 0 Å². The third kappa shape index (κ3) is 4.62. The van der Waals surface area contributed by atoms with Crippen molar-refractivity contribution in [1.82, 2.24) is 9.88 Å². The standard InChI is InChI=1S/C27H28N4O2/c28-21-11-8-20-16-23(30-24(20)17-21)19-9-12-22(13-10-19)29-27(33)25-7-4-14-31(25)26(32)15-18-5-2-1-3-6-18/h1-3,5-6,8-13,16-17,25-26,30,32H,4,7,14-15,28H2,(H,29,33)/t25-,26?/m0/s1. The predicted octanol–water partition coefficient (Wildman–Crippen LogP) is 4.38. The van der Waals surface area contributed by atoms with Gasteiger partial charge in [-0.3, -0.25) is 9.69 Å². The number of H-pyrrole nitrogens is 1. The highest BCUT2D eigenvalue weighted by atomic mass is 16.3. The first-order valence-corrected chi connectivity index (χ1v) is 11.3. The van der Waals surface area contributed by atoms with Crippen molar-refractivity contribution in [3.05, 3.63) is 84.4 Å². The number of nitrogen functional groups attached to an aromatic ring is 1. The average Bonchev–Trinajstić information content (AvgIpc) is 3.47. The van der Waals surface area contributed by atoms with Crippen LogP contribution in [0.4, 0.5) is 11.4 Å². The number of amides is 1. The van der Waals surface area contributed by atoms with Gasteiger partial charge in [-0.25, -0.2) is 0 Å². The summed E-state index contributed by atoms with van der Waals surface area (Å²) in [6, 6.07) is 25.2. The first-order valence-electron chi connectivity index (χ1n) is 11.3. The fourth-order valence-electron chi connectivity index (χ4n) is 4.63. The van der Waals surface area contributed by atoms with Gasteiger partial charge in [0.05, 0.1) is 6.04 Å². The van der Waals surface area contributed by atoms with Crippen LogP contribution < -0.4 is 11.1 Å². The summed E-state index contributed by atoms with van der Waals surface area (Å²) >= 11 is 0. The van der Waals surface area contributed by atoms with E-state index in [0.717, 1.165) is 58.5 Å². The number of fused-ring (bicyclic) bond motifs is 1. The number of nitrogens with zero attached hydrogens (tertiary/aromatic N) is 1. The van der Waals surface area contributed by atoms with Crippen molar-refractivity contribution < 1.29 is 9.90 Å². The maximum atomic E-state index is 13.0. The lowest BCUT2D eigenvalue weighted by Gasteiger charge is -2.28. The number of nitrogens with two attached hydrogens (primary N) is 1. The molecule has 1 fully saturated rings. The number of carbonyl (C=O) groups excluding carboxylic acids is 1. The normalized spacial score (nSPS) is 17.3. The van der Waals surface area contributed by atoms with Crippen LogP contribution in [0.25, 0.3) is 22.2 Å². The van der Waals surface area contributed by atoms with Gasteiger partial charge in [0.15, 0.2) is 0 Å². The summed E-state index contributed by atoms with van der Waals surface area (Å²) in [7, 11) is 0. The number of hydrogen-bond donors (Lipinski definition) is 4. The van der Waals surface area contributed by atoms with Crippen LogP contribution >= 0.6 is 0 Å². The molecule has 0 aliphatic carbocycles. The molecule has 6 nitrogen and oxygen atoms in total. The number of aliphatic hydroxyl groups is 1. The molecule has 0 saturated carbocycles. The van der Waals surface area contributed by atoms with Gasteiger partial charge in [0.2, 0.25) is 5.91 Å². The average molecular weight is 441 g/mol. The van der Waals surface area contributed by atoms with Crippen LogP contribution in [0.1, 0.15) is 18.4 Å². The van der Waals surface area contributed by atoms with E-state index in [-0.39, 0.29) is 11.9 Å². The Morgan fingerprint density at radius 3 is 2.67 bits per heavy atom. The topological polar surface area (TPSA) is 94.4 Å². The monoisotopic (exact) mass is 440 g/mol. The number of aliphatic hydroxyl groups excluding tert-OH is 1. The van der Waals surface area contributed by atoms with E-state index in [4.69, 9.17) is 5.73 Å². The van der Waals surface area contributed by atoms with E-state index < -0.39 is 6.23 Å². The Morgan fingerprint density at radius 2 is 1.88 bits per heavy atom. The number of likely N-dealkylation sites (tertiary alicyclic amines) is 1. The van der Waals surface area contributed by atoms with Crippen molar-refractivity contribution >= 4 is 28.2 Å². The minimum absolute atomic E-state index is 0.0755. The molecule has 1 aromatic heterocycles. The van der Waals surface area contributed by atoms with Crippen molar-refractivity contribution in [2.45, 2.75) is 31.5 Å². The molecule has 0 spiro atoms. The third-order valence-corrected chi connectivity index (χ3v) is 6.35. The number of carbonyl (C=O) groups is 1. The lowest BCUT2D eigenvalue weighted by molar-refractivity contribution is -0.124. The Balaban J connectivity index is 1.25. The zero-order chi connectivity index (χ0) is 22.8. The number of benzene rings is 3. The van der Waals surface area contributed by atoms with Gasteiger partial charge >= 0.3 is 0 Å². The molecule has 5 N–H and O–H groups in total. The van der Waals surface area contributed by atoms with Gasteiger partial charge in [0, 0.05) is 40.9 Å². The van der Waals surface area contributed by atoms with Crippen LogP contribution in [0.5, 0.6) is 0 Å². The van der Waals surface area contributed by atoms with E-state index in [1.807, 2.05) is 77.7 Å². The van der Waals surface area contributed by atoms with E-state index in [9.17, 15) is 9.90 Å². The van der Waals surface area contributed by atoms with E-state index in [1.165, 1.54) is 0 Å². The minimum atomic E-state index is -0.677. The van der Waals surface area contributed by atoms with Gasteiger partial charge in [0.1, 0.15) is 6.23 Å². The SMILES string of the molecule is Nc1ccc2cc(-c3ccc(NC(=O)[C@@H]4CCCN4C(O)Cc4ccccc4)cc3)[nH]c2c1. The van der Waals surface area contributed by atoms with Crippen LogP contribution in [0, 0.1) is 0 Å². The molecule has 1 aliphatic heterocycles. The lowest BCUT2D eigenvalue weighted by atomic mass is 10.1. The van der Waals surface area contributed by atoms with Gasteiger partial charge < -0.3 is 21.1 Å². The molecule has 3 aromatic carbocycles. The molecule has 0 bridgehead atoms. The van der Waals surface area contributed by atoms with Crippen LogP contribution in [-0.4, -0.2) is 39.7 Å². The van der Waals surface area contributed by atoms with Crippen molar-refractivity contribution in [3.63, 3.8) is 0 Å². The molecular weight excluding hydrogens is 412 g/mol. The van der Waals surface area contributed by atoms with Crippen molar-refractivity contribution in [2.24, 2.45) is 0 Å². The van der Waals surface area contributed by atoms with Gasteiger partial charge in [0.25, 0.3) is 0 Å². The highest BCUT2D eigenvalue weighted by molar-refractivity contribution is 5.95. The summed E-state index contributed by atoms with van der Waals surface area (Å²) < 4.78 is 0. The summed E-state index contributed by atoms with van der Waals surface area (Å²) in [6.07, 6.45) is 1.47. The Labute approximate surface area is 193 Å². The Hall–Kier alpha value is -3.61. The number of aromatic amines is 1. The van der Waals surface area contributed by atoms with E-state index >= 15 is 0 Å². The zero-order valence-electron chi connectivity index (χ0n) is 18.4. The van der Waals surface area contributed by atoms with Crippen LogP contribution in [0.2, 0.25) is 0 Å². The second kappa shape index (κ2) is 9.10. The van der Waals surface area contributed by atoms with Gasteiger partial charge in [-0.05, 0) is 54.3 Å². The first-order chi connectivity index (χ1) is 16.1. The molecule has 5 rings (SSSR count). The van der Waals surface area contributed by atoms with Gasteiger partial charge in [-0.1, -0.05) is 48.5 Å². The van der Waals surface area contributed by atoms with Crippen molar-refractivity contribution in [2.75, 3.05) is 17.6 Å². The highest BCUT2D eigenvalue weighted by Gasteiger charge is 2.34. The predicted molar refractivity (Wildman–Crippen MR) is 133 cm³/mol. The van der Waals surface area contributed by atoms with E-state index in [0.29, 0.717) is 6.42 Å². The molecule has 1 unspecified atom stereocenters. The second-order valence-corrected chi connectivity index (χ2v) is 8.66. The summed E-state index contributed by atoms with van der Waals surface area (Å²) in [5, 5.41) is 14.9. The number of rotatable bonds is 6. The number of nitrogens with one attached hydrogen (secondary N) is 2. The van der Waals surface area contributed by atoms with Gasteiger partial charge in [-0.15, -0.1) is 0 Å².